The third-order valence-corrected chi connectivity index (χ3v) is 2.97. The van der Waals surface area contributed by atoms with E-state index in [1.807, 2.05) is 0 Å². The molecule has 1 fully saturated rings. The SMILES string of the molecule is CC1=CC=CCC1N1CCNCC1. The maximum atomic E-state index is 3.39. The van der Waals surface area contributed by atoms with Crippen molar-refractivity contribution in [3.8, 4) is 0 Å². The van der Waals surface area contributed by atoms with Crippen LogP contribution in [0.5, 0.6) is 0 Å². The lowest BCUT2D eigenvalue weighted by atomic mass is 9.98. The van der Waals surface area contributed by atoms with Gasteiger partial charge in [-0.15, -0.1) is 0 Å². The molecular formula is C11H18N2. The van der Waals surface area contributed by atoms with Gasteiger partial charge in [0.05, 0.1) is 0 Å². The van der Waals surface area contributed by atoms with Crippen molar-refractivity contribution in [1.29, 1.82) is 0 Å². The molecule has 0 saturated carbocycles. The van der Waals surface area contributed by atoms with E-state index in [-0.39, 0.29) is 0 Å². The smallest absolute Gasteiger partial charge is 0.0343 e. The molecule has 1 atom stereocenters. The first kappa shape index (κ1) is 8.97. The number of nitrogens with zero attached hydrogens (tertiary/aromatic N) is 1. The van der Waals surface area contributed by atoms with Crippen molar-refractivity contribution in [1.82, 2.24) is 10.2 Å². The van der Waals surface area contributed by atoms with E-state index < -0.39 is 0 Å². The quantitative estimate of drug-likeness (QED) is 0.648. The average molecular weight is 178 g/mol. The van der Waals surface area contributed by atoms with E-state index in [1.54, 1.807) is 0 Å². The van der Waals surface area contributed by atoms with E-state index in [4.69, 9.17) is 0 Å². The number of hydrogen-bond donors (Lipinski definition) is 1. The molecule has 72 valence electrons. The normalized spacial score (nSPS) is 30.2. The molecule has 0 aromatic heterocycles. The number of nitrogens with one attached hydrogen (secondary N) is 1. The van der Waals surface area contributed by atoms with E-state index in [0.29, 0.717) is 6.04 Å². The second-order valence-corrected chi connectivity index (χ2v) is 3.88. The van der Waals surface area contributed by atoms with Crippen LogP contribution >= 0.6 is 0 Å². The first-order chi connectivity index (χ1) is 6.38. The fraction of sp³-hybridized carbons (Fsp3) is 0.636. The van der Waals surface area contributed by atoms with Gasteiger partial charge in [-0.1, -0.05) is 23.8 Å². The molecule has 0 aromatic carbocycles. The Kier molecular flexibility index (Phi) is 2.81. The van der Waals surface area contributed by atoms with Crippen molar-refractivity contribution in [3.05, 3.63) is 23.8 Å². The van der Waals surface area contributed by atoms with Gasteiger partial charge in [0, 0.05) is 32.2 Å². The number of piperazine rings is 1. The summed E-state index contributed by atoms with van der Waals surface area (Å²) in [5.41, 5.74) is 1.52. The molecule has 0 aromatic rings. The summed E-state index contributed by atoms with van der Waals surface area (Å²) < 4.78 is 0. The average Bonchev–Trinajstić information content (AvgIpc) is 2.20. The van der Waals surface area contributed by atoms with Gasteiger partial charge in [0.15, 0.2) is 0 Å². The molecule has 1 N–H and O–H groups in total. The molecule has 1 heterocycles. The molecule has 13 heavy (non-hydrogen) atoms. The van der Waals surface area contributed by atoms with Crippen LogP contribution in [0, 0.1) is 0 Å². The van der Waals surface area contributed by atoms with Crippen molar-refractivity contribution >= 4 is 0 Å². The largest absolute Gasteiger partial charge is 0.314 e. The summed E-state index contributed by atoms with van der Waals surface area (Å²) in [5.74, 6) is 0. The summed E-state index contributed by atoms with van der Waals surface area (Å²) in [6, 6.07) is 0.673. The summed E-state index contributed by atoms with van der Waals surface area (Å²) in [5, 5.41) is 3.39. The number of rotatable bonds is 1. The molecule has 0 radical (unpaired) electrons. The second-order valence-electron chi connectivity index (χ2n) is 3.88. The molecule has 1 unspecified atom stereocenters. The Labute approximate surface area is 80.3 Å². The van der Waals surface area contributed by atoms with E-state index >= 15 is 0 Å². The van der Waals surface area contributed by atoms with Crippen molar-refractivity contribution in [2.75, 3.05) is 26.2 Å². The monoisotopic (exact) mass is 178 g/mol. The summed E-state index contributed by atoms with van der Waals surface area (Å²) in [6.07, 6.45) is 7.90. The van der Waals surface area contributed by atoms with E-state index in [1.165, 1.54) is 25.1 Å². The van der Waals surface area contributed by atoms with Crippen molar-refractivity contribution < 1.29 is 0 Å². The maximum absolute atomic E-state index is 3.39. The van der Waals surface area contributed by atoms with Gasteiger partial charge in [0.2, 0.25) is 0 Å². The van der Waals surface area contributed by atoms with E-state index in [2.05, 4.69) is 35.4 Å². The molecular weight excluding hydrogens is 160 g/mol. The van der Waals surface area contributed by atoms with Gasteiger partial charge >= 0.3 is 0 Å². The van der Waals surface area contributed by atoms with Crippen LogP contribution in [-0.2, 0) is 0 Å². The van der Waals surface area contributed by atoms with Crippen LogP contribution in [0.25, 0.3) is 0 Å². The van der Waals surface area contributed by atoms with E-state index in [0.717, 1.165) is 13.1 Å². The molecule has 0 bridgehead atoms. The zero-order chi connectivity index (χ0) is 9.10. The molecule has 1 saturated heterocycles. The number of allylic oxidation sites excluding steroid dienone is 2. The third kappa shape index (κ3) is 2.01. The Bertz CT molecular complexity index is 224. The van der Waals surface area contributed by atoms with Crippen LogP contribution in [0.4, 0.5) is 0 Å². The van der Waals surface area contributed by atoms with Gasteiger partial charge < -0.3 is 5.32 Å². The minimum atomic E-state index is 0.673. The van der Waals surface area contributed by atoms with Crippen LogP contribution in [0.2, 0.25) is 0 Å². The van der Waals surface area contributed by atoms with Gasteiger partial charge in [-0.05, 0) is 13.3 Å². The van der Waals surface area contributed by atoms with Gasteiger partial charge in [-0.25, -0.2) is 0 Å². The van der Waals surface area contributed by atoms with Crippen LogP contribution < -0.4 is 5.32 Å². The van der Waals surface area contributed by atoms with Gasteiger partial charge in [0.25, 0.3) is 0 Å². The van der Waals surface area contributed by atoms with Gasteiger partial charge in [0.1, 0.15) is 0 Å². The summed E-state index contributed by atoms with van der Waals surface area (Å²) in [4.78, 5) is 2.59. The van der Waals surface area contributed by atoms with E-state index in [9.17, 15) is 0 Å². The lowest BCUT2D eigenvalue weighted by molar-refractivity contribution is 0.194. The molecule has 1 aliphatic carbocycles. The molecule has 0 amide bonds. The topological polar surface area (TPSA) is 15.3 Å². The molecule has 2 heteroatoms. The fourth-order valence-corrected chi connectivity index (χ4v) is 2.16. The van der Waals surface area contributed by atoms with Crippen LogP contribution in [0.3, 0.4) is 0 Å². The molecule has 0 spiro atoms. The lowest BCUT2D eigenvalue weighted by Gasteiger charge is -2.36. The van der Waals surface area contributed by atoms with Crippen molar-refractivity contribution in [2.45, 2.75) is 19.4 Å². The number of hydrogen-bond acceptors (Lipinski definition) is 2. The maximum Gasteiger partial charge on any atom is 0.0343 e. The predicted molar refractivity (Wildman–Crippen MR) is 55.7 cm³/mol. The highest BCUT2D eigenvalue weighted by molar-refractivity contribution is 5.22. The standard InChI is InChI=1S/C11H18N2/c1-10-4-2-3-5-11(10)13-8-6-12-7-9-13/h2-4,11-12H,5-9H2,1H3. The first-order valence-corrected chi connectivity index (χ1v) is 5.16. The first-order valence-electron chi connectivity index (χ1n) is 5.16. The Morgan fingerprint density at radius 2 is 2.15 bits per heavy atom. The minimum Gasteiger partial charge on any atom is -0.314 e. The Morgan fingerprint density at radius 1 is 1.38 bits per heavy atom. The highest BCUT2D eigenvalue weighted by Crippen LogP contribution is 2.18. The predicted octanol–water partition coefficient (Wildman–Crippen LogP) is 1.17. The van der Waals surface area contributed by atoms with Gasteiger partial charge in [-0.3, -0.25) is 4.90 Å². The van der Waals surface area contributed by atoms with Gasteiger partial charge in [-0.2, -0.15) is 0 Å². The van der Waals surface area contributed by atoms with Crippen LogP contribution in [-0.4, -0.2) is 37.1 Å². The highest BCUT2D eigenvalue weighted by Gasteiger charge is 2.21. The zero-order valence-corrected chi connectivity index (χ0v) is 8.29. The van der Waals surface area contributed by atoms with Crippen LogP contribution in [0.15, 0.2) is 23.8 Å². The Hall–Kier alpha value is -0.600. The third-order valence-electron chi connectivity index (χ3n) is 2.97. The minimum absolute atomic E-state index is 0.673. The molecule has 2 nitrogen and oxygen atoms in total. The summed E-state index contributed by atoms with van der Waals surface area (Å²) >= 11 is 0. The Morgan fingerprint density at radius 3 is 2.85 bits per heavy atom. The van der Waals surface area contributed by atoms with Crippen LogP contribution in [0.1, 0.15) is 13.3 Å². The zero-order valence-electron chi connectivity index (χ0n) is 8.29. The molecule has 2 aliphatic rings. The molecule has 1 aliphatic heterocycles. The Balaban J connectivity index is 1.99. The van der Waals surface area contributed by atoms with Crippen molar-refractivity contribution in [3.63, 3.8) is 0 Å². The molecule has 2 rings (SSSR count). The van der Waals surface area contributed by atoms with Crippen molar-refractivity contribution in [2.24, 2.45) is 0 Å². The lowest BCUT2D eigenvalue weighted by Crippen LogP contribution is -2.48. The highest BCUT2D eigenvalue weighted by atomic mass is 15.2. The second kappa shape index (κ2) is 4.07. The summed E-state index contributed by atoms with van der Waals surface area (Å²) in [6.45, 7) is 6.94. The summed E-state index contributed by atoms with van der Waals surface area (Å²) in [7, 11) is 0. The fourth-order valence-electron chi connectivity index (χ4n) is 2.16.